The SMILES string of the molecule is COP(=O)(O)COc1cc(C)c(C(=O)c2ccc(O)c(S(C)(=O)=O)c2)c(C)c1. The van der Waals surface area contributed by atoms with Crippen molar-refractivity contribution >= 4 is 23.2 Å². The second-order valence-electron chi connectivity index (χ2n) is 6.31. The molecule has 10 heteroatoms. The van der Waals surface area contributed by atoms with Crippen LogP contribution in [0.3, 0.4) is 0 Å². The van der Waals surface area contributed by atoms with Crippen LogP contribution in [0.2, 0.25) is 0 Å². The highest BCUT2D eigenvalue weighted by Gasteiger charge is 2.22. The molecule has 2 N–H and O–H groups in total. The van der Waals surface area contributed by atoms with Gasteiger partial charge in [-0.2, -0.15) is 0 Å². The molecule has 8 nitrogen and oxygen atoms in total. The summed E-state index contributed by atoms with van der Waals surface area (Å²) in [7, 11) is -6.45. The highest BCUT2D eigenvalue weighted by molar-refractivity contribution is 7.90. The Morgan fingerprint density at radius 2 is 1.71 bits per heavy atom. The van der Waals surface area contributed by atoms with Crippen LogP contribution in [-0.4, -0.2) is 43.9 Å². The van der Waals surface area contributed by atoms with Crippen molar-refractivity contribution in [1.29, 1.82) is 0 Å². The summed E-state index contributed by atoms with van der Waals surface area (Å²) in [6, 6.07) is 6.71. The van der Waals surface area contributed by atoms with Gasteiger partial charge in [0.25, 0.3) is 0 Å². The highest BCUT2D eigenvalue weighted by Crippen LogP contribution is 2.41. The molecule has 0 saturated carbocycles. The fourth-order valence-corrected chi connectivity index (χ4v) is 3.88. The predicted molar refractivity (Wildman–Crippen MR) is 103 cm³/mol. The molecule has 152 valence electrons. The fraction of sp³-hybridized carbons (Fsp3) is 0.278. The van der Waals surface area contributed by atoms with Crippen molar-refractivity contribution in [2.24, 2.45) is 0 Å². The lowest BCUT2D eigenvalue weighted by molar-refractivity contribution is 0.103. The number of phenols is 1. The van der Waals surface area contributed by atoms with Crippen molar-refractivity contribution < 1.29 is 37.0 Å². The Morgan fingerprint density at radius 3 is 2.21 bits per heavy atom. The van der Waals surface area contributed by atoms with Crippen molar-refractivity contribution in [3.63, 3.8) is 0 Å². The van der Waals surface area contributed by atoms with Crippen LogP contribution in [0.5, 0.6) is 11.5 Å². The van der Waals surface area contributed by atoms with Gasteiger partial charge in [-0.3, -0.25) is 9.36 Å². The summed E-state index contributed by atoms with van der Waals surface area (Å²) in [6.07, 6.45) is 0.407. The highest BCUT2D eigenvalue weighted by atomic mass is 32.2. The normalized spacial score (nSPS) is 13.8. The number of aromatic hydroxyl groups is 1. The van der Waals surface area contributed by atoms with E-state index in [1.807, 2.05) is 0 Å². The second kappa shape index (κ2) is 8.05. The molecule has 1 unspecified atom stereocenters. The minimum atomic E-state index is -3.84. The Bertz CT molecular complexity index is 1050. The maximum absolute atomic E-state index is 12.9. The van der Waals surface area contributed by atoms with Crippen LogP contribution >= 0.6 is 7.60 Å². The summed E-state index contributed by atoms with van der Waals surface area (Å²) in [6.45, 7) is 3.33. The van der Waals surface area contributed by atoms with Gasteiger partial charge in [0.05, 0.1) is 0 Å². The van der Waals surface area contributed by atoms with E-state index in [1.54, 1.807) is 13.8 Å². The molecule has 0 aliphatic carbocycles. The van der Waals surface area contributed by atoms with Gasteiger partial charge >= 0.3 is 7.60 Å². The van der Waals surface area contributed by atoms with Gasteiger partial charge in [0.2, 0.25) is 0 Å². The number of rotatable bonds is 7. The summed E-state index contributed by atoms with van der Waals surface area (Å²) in [5.74, 6) is -0.556. The first-order valence-electron chi connectivity index (χ1n) is 8.05. The first-order valence-corrected chi connectivity index (χ1v) is 11.7. The van der Waals surface area contributed by atoms with Crippen LogP contribution in [0.4, 0.5) is 0 Å². The molecule has 0 aliphatic rings. The van der Waals surface area contributed by atoms with Crippen molar-refractivity contribution in [2.45, 2.75) is 18.7 Å². The third-order valence-electron chi connectivity index (χ3n) is 4.03. The zero-order valence-electron chi connectivity index (χ0n) is 15.8. The van der Waals surface area contributed by atoms with E-state index in [4.69, 9.17) is 4.74 Å². The van der Waals surface area contributed by atoms with Crippen molar-refractivity contribution in [2.75, 3.05) is 19.7 Å². The van der Waals surface area contributed by atoms with Crippen LogP contribution in [0.1, 0.15) is 27.0 Å². The van der Waals surface area contributed by atoms with E-state index >= 15 is 0 Å². The lowest BCUT2D eigenvalue weighted by atomic mass is 9.94. The molecule has 0 bridgehead atoms. The molecule has 0 fully saturated rings. The predicted octanol–water partition coefficient (Wildman–Crippen LogP) is 2.81. The molecule has 0 heterocycles. The molecular weight excluding hydrogens is 407 g/mol. The molecular formula is C18H21O8PS. The average molecular weight is 428 g/mol. The number of phenolic OH excluding ortho intramolecular Hbond substituents is 1. The zero-order valence-corrected chi connectivity index (χ0v) is 17.5. The first-order chi connectivity index (χ1) is 12.9. The van der Waals surface area contributed by atoms with E-state index in [1.165, 1.54) is 18.2 Å². The molecule has 0 spiro atoms. The van der Waals surface area contributed by atoms with E-state index in [9.17, 15) is 27.8 Å². The molecule has 0 aliphatic heterocycles. The monoisotopic (exact) mass is 428 g/mol. The minimum absolute atomic E-state index is 0.109. The van der Waals surface area contributed by atoms with E-state index in [0.717, 1.165) is 25.5 Å². The van der Waals surface area contributed by atoms with Crippen LogP contribution in [0, 0.1) is 13.8 Å². The number of benzene rings is 2. The van der Waals surface area contributed by atoms with Gasteiger partial charge in [0, 0.05) is 24.5 Å². The minimum Gasteiger partial charge on any atom is -0.507 e. The van der Waals surface area contributed by atoms with E-state index < -0.39 is 35.3 Å². The van der Waals surface area contributed by atoms with Gasteiger partial charge in [-0.05, 0) is 55.3 Å². The molecule has 0 aromatic heterocycles. The Labute approximate surface area is 163 Å². The summed E-state index contributed by atoms with van der Waals surface area (Å²) in [4.78, 5) is 22.0. The molecule has 1 atom stereocenters. The topological polar surface area (TPSA) is 127 Å². The average Bonchev–Trinajstić information content (AvgIpc) is 2.58. The van der Waals surface area contributed by atoms with E-state index in [0.29, 0.717) is 22.4 Å². The molecule has 0 radical (unpaired) electrons. The lowest BCUT2D eigenvalue weighted by Crippen LogP contribution is -2.09. The smallest absolute Gasteiger partial charge is 0.364 e. The van der Waals surface area contributed by atoms with Gasteiger partial charge in [0.15, 0.2) is 22.0 Å². The lowest BCUT2D eigenvalue weighted by Gasteiger charge is -2.15. The summed E-state index contributed by atoms with van der Waals surface area (Å²) >= 11 is 0. The number of aryl methyl sites for hydroxylation is 2. The number of carbonyl (C=O) groups excluding carboxylic acids is 1. The van der Waals surface area contributed by atoms with E-state index in [2.05, 4.69) is 4.52 Å². The fourth-order valence-electron chi connectivity index (χ4n) is 2.67. The Balaban J connectivity index is 2.41. The van der Waals surface area contributed by atoms with Crippen LogP contribution < -0.4 is 4.74 Å². The summed E-state index contributed by atoms with van der Waals surface area (Å²) in [5.41, 5.74) is 1.53. The molecule has 28 heavy (non-hydrogen) atoms. The Kier molecular flexibility index (Phi) is 6.35. The number of hydrogen-bond acceptors (Lipinski definition) is 7. The Hall–Kier alpha value is -2.19. The molecule has 2 aromatic rings. The van der Waals surface area contributed by atoms with Crippen LogP contribution in [0.25, 0.3) is 0 Å². The second-order valence-corrected chi connectivity index (χ2v) is 10.2. The molecule has 2 rings (SSSR count). The summed E-state index contributed by atoms with van der Waals surface area (Å²) in [5, 5.41) is 9.75. The van der Waals surface area contributed by atoms with Crippen LogP contribution in [0.15, 0.2) is 35.2 Å². The number of ketones is 1. The molecule has 2 aromatic carbocycles. The van der Waals surface area contributed by atoms with Gasteiger partial charge in [-0.25, -0.2) is 8.42 Å². The maximum atomic E-state index is 12.9. The molecule has 0 amide bonds. The zero-order chi connectivity index (χ0) is 21.3. The Morgan fingerprint density at radius 1 is 1.14 bits per heavy atom. The van der Waals surface area contributed by atoms with Crippen molar-refractivity contribution in [1.82, 2.24) is 0 Å². The number of carbonyl (C=O) groups is 1. The quantitative estimate of drug-likeness (QED) is 0.509. The first kappa shape index (κ1) is 22.1. The third kappa shape index (κ3) is 4.99. The number of sulfone groups is 1. The largest absolute Gasteiger partial charge is 0.507 e. The standard InChI is InChI=1S/C18H21O8PS/c1-11-7-14(26-10-27(21,22)25-3)8-12(2)17(11)18(20)13-5-6-15(19)16(9-13)28(4,23)24/h5-9,19H,10H2,1-4H3,(H,21,22). The van der Waals surface area contributed by atoms with Gasteiger partial charge in [-0.1, -0.05) is 0 Å². The third-order valence-corrected chi connectivity index (χ3v) is 6.19. The van der Waals surface area contributed by atoms with Gasteiger partial charge < -0.3 is 19.3 Å². The number of ether oxygens (including phenoxy) is 1. The van der Waals surface area contributed by atoms with Crippen LogP contribution in [-0.2, 0) is 18.9 Å². The van der Waals surface area contributed by atoms with Crippen molar-refractivity contribution in [3.8, 4) is 11.5 Å². The maximum Gasteiger partial charge on any atom is 0.364 e. The van der Waals surface area contributed by atoms with Crippen molar-refractivity contribution in [3.05, 3.63) is 52.6 Å². The molecule has 0 saturated heterocycles. The number of hydrogen-bond donors (Lipinski definition) is 2. The van der Waals surface area contributed by atoms with Gasteiger partial charge in [0.1, 0.15) is 16.4 Å². The van der Waals surface area contributed by atoms with E-state index in [-0.39, 0.29) is 10.5 Å². The summed E-state index contributed by atoms with van der Waals surface area (Å²) < 4.78 is 44.8. The van der Waals surface area contributed by atoms with Gasteiger partial charge in [-0.15, -0.1) is 0 Å².